The van der Waals surface area contributed by atoms with Gasteiger partial charge in [-0.15, -0.1) is 0 Å². The number of hydrogen-bond acceptors (Lipinski definition) is 8. The molecule has 1 atom stereocenters. The van der Waals surface area contributed by atoms with Gasteiger partial charge in [0.25, 0.3) is 5.56 Å². The first-order chi connectivity index (χ1) is 14.5. The number of benzene rings is 1. The molecule has 4 rings (SSSR count). The van der Waals surface area contributed by atoms with Gasteiger partial charge in [-0.2, -0.15) is 5.26 Å². The van der Waals surface area contributed by atoms with Crippen LogP contribution >= 0.6 is 0 Å². The number of rotatable bonds is 4. The minimum absolute atomic E-state index is 0.0311. The summed E-state index contributed by atoms with van der Waals surface area (Å²) < 4.78 is 1.82. The molecule has 2 aromatic heterocycles. The maximum Gasteiger partial charge on any atom is 0.261 e. The van der Waals surface area contributed by atoms with Gasteiger partial charge in [0, 0.05) is 6.04 Å². The average Bonchev–Trinajstić information content (AvgIpc) is 2.74. The molecule has 1 aliphatic heterocycles. The quantitative estimate of drug-likeness (QED) is 0.601. The van der Waals surface area contributed by atoms with Crippen LogP contribution in [-0.4, -0.2) is 32.6 Å². The monoisotopic (exact) mass is 404 g/mol. The Morgan fingerprint density at radius 2 is 2.10 bits per heavy atom. The van der Waals surface area contributed by atoms with Gasteiger partial charge in [0.1, 0.15) is 35.4 Å². The van der Waals surface area contributed by atoms with Crippen LogP contribution in [0.3, 0.4) is 0 Å². The second kappa shape index (κ2) is 8.08. The molecule has 1 aliphatic rings. The number of nitrogen functional groups attached to an aromatic ring is 1. The van der Waals surface area contributed by atoms with Crippen LogP contribution < -0.4 is 21.9 Å². The van der Waals surface area contributed by atoms with E-state index >= 15 is 0 Å². The second-order valence-corrected chi connectivity index (χ2v) is 7.56. The lowest BCUT2D eigenvalue weighted by molar-refractivity contribution is 0.347. The summed E-state index contributed by atoms with van der Waals surface area (Å²) in [5.74, 6) is 1.05. The van der Waals surface area contributed by atoms with E-state index in [-0.39, 0.29) is 29.0 Å². The first kappa shape index (κ1) is 19.8. The van der Waals surface area contributed by atoms with Crippen LogP contribution in [0.5, 0.6) is 0 Å². The van der Waals surface area contributed by atoms with Crippen molar-refractivity contribution in [3.8, 4) is 6.07 Å². The van der Waals surface area contributed by atoms with E-state index in [0.717, 1.165) is 31.5 Å². The van der Waals surface area contributed by atoms with E-state index in [9.17, 15) is 10.1 Å². The molecule has 0 bridgehead atoms. The van der Waals surface area contributed by atoms with Crippen molar-refractivity contribution in [2.45, 2.75) is 38.8 Å². The highest BCUT2D eigenvalue weighted by Crippen LogP contribution is 2.27. The molecule has 4 N–H and O–H groups in total. The zero-order chi connectivity index (χ0) is 21.3. The largest absolute Gasteiger partial charge is 0.382 e. The molecule has 0 radical (unpaired) electrons. The third-order valence-corrected chi connectivity index (χ3v) is 5.57. The Bertz CT molecular complexity index is 1190. The van der Waals surface area contributed by atoms with Crippen molar-refractivity contribution < 1.29 is 0 Å². The minimum atomic E-state index is -0.376. The van der Waals surface area contributed by atoms with Crippen molar-refractivity contribution in [2.24, 2.45) is 0 Å². The van der Waals surface area contributed by atoms with Gasteiger partial charge >= 0.3 is 0 Å². The van der Waals surface area contributed by atoms with Gasteiger partial charge in [-0.1, -0.05) is 12.1 Å². The molecular weight excluding hydrogens is 380 g/mol. The number of nitrogens with zero attached hydrogens (tertiary/aromatic N) is 5. The summed E-state index contributed by atoms with van der Waals surface area (Å²) >= 11 is 0. The van der Waals surface area contributed by atoms with Gasteiger partial charge in [0.05, 0.1) is 16.9 Å². The first-order valence-corrected chi connectivity index (χ1v) is 10.0. The predicted octanol–water partition coefficient (Wildman–Crippen LogP) is 2.05. The molecule has 0 aliphatic carbocycles. The van der Waals surface area contributed by atoms with Gasteiger partial charge in [0.15, 0.2) is 0 Å². The van der Waals surface area contributed by atoms with Crippen LogP contribution in [0.25, 0.3) is 10.9 Å². The van der Waals surface area contributed by atoms with Crippen LogP contribution in [0.2, 0.25) is 0 Å². The highest BCUT2D eigenvalue weighted by molar-refractivity contribution is 5.81. The smallest absolute Gasteiger partial charge is 0.261 e. The molecule has 3 aromatic rings. The van der Waals surface area contributed by atoms with E-state index in [2.05, 4.69) is 20.6 Å². The van der Waals surface area contributed by atoms with Crippen LogP contribution in [-0.2, 0) is 0 Å². The van der Waals surface area contributed by atoms with E-state index in [1.807, 2.05) is 42.7 Å². The third-order valence-electron chi connectivity index (χ3n) is 5.57. The molecule has 154 valence electrons. The van der Waals surface area contributed by atoms with Crippen LogP contribution in [0, 0.1) is 18.3 Å². The Hall–Kier alpha value is -3.51. The fourth-order valence-corrected chi connectivity index (χ4v) is 4.04. The van der Waals surface area contributed by atoms with Gasteiger partial charge < -0.3 is 16.4 Å². The zero-order valence-corrected chi connectivity index (χ0v) is 17.0. The minimum Gasteiger partial charge on any atom is -0.382 e. The summed E-state index contributed by atoms with van der Waals surface area (Å²) in [5, 5.41) is 16.6. The first-order valence-electron chi connectivity index (χ1n) is 10.0. The van der Waals surface area contributed by atoms with Crippen molar-refractivity contribution in [3.05, 3.63) is 51.8 Å². The molecule has 1 unspecified atom stereocenters. The maximum atomic E-state index is 13.6. The standard InChI is InChI=1S/C21H24N8O/c1-12-4-3-5-16-17(12)21(30)29(14-6-8-24-9-7-14)20(28-16)13(2)27-19-15(10-22)18(23)25-11-26-19/h3-5,11,13-14,24H,6-9H2,1-2H3,(H3,23,25,26,27). The summed E-state index contributed by atoms with van der Waals surface area (Å²) in [6, 6.07) is 7.41. The molecule has 1 fully saturated rings. The highest BCUT2D eigenvalue weighted by atomic mass is 16.1. The summed E-state index contributed by atoms with van der Waals surface area (Å²) in [6.07, 6.45) is 3.01. The Morgan fingerprint density at radius 3 is 2.83 bits per heavy atom. The van der Waals surface area contributed by atoms with Crippen LogP contribution in [0.4, 0.5) is 11.6 Å². The fraction of sp³-hybridized carbons (Fsp3) is 0.381. The van der Waals surface area contributed by atoms with E-state index < -0.39 is 0 Å². The Kier molecular flexibility index (Phi) is 5.33. The molecule has 0 spiro atoms. The van der Waals surface area contributed by atoms with Crippen molar-refractivity contribution in [1.29, 1.82) is 5.26 Å². The summed E-state index contributed by atoms with van der Waals surface area (Å²) in [5.41, 5.74) is 7.54. The number of nitrogens with one attached hydrogen (secondary N) is 2. The topological polar surface area (TPSA) is 135 Å². The number of nitriles is 1. The second-order valence-electron chi connectivity index (χ2n) is 7.56. The van der Waals surface area contributed by atoms with E-state index in [4.69, 9.17) is 10.7 Å². The molecule has 9 nitrogen and oxygen atoms in total. The fourth-order valence-electron chi connectivity index (χ4n) is 4.04. The van der Waals surface area contributed by atoms with Crippen molar-refractivity contribution >= 4 is 22.5 Å². The number of piperidine rings is 1. The third kappa shape index (κ3) is 3.46. The Balaban J connectivity index is 1.86. The van der Waals surface area contributed by atoms with Crippen LogP contribution in [0.15, 0.2) is 29.3 Å². The lowest BCUT2D eigenvalue weighted by atomic mass is 10.0. The average molecular weight is 404 g/mol. The zero-order valence-electron chi connectivity index (χ0n) is 17.0. The summed E-state index contributed by atoms with van der Waals surface area (Å²) in [6.45, 7) is 5.54. The number of aromatic nitrogens is 4. The lowest BCUT2D eigenvalue weighted by Gasteiger charge is -2.29. The summed E-state index contributed by atoms with van der Waals surface area (Å²) in [4.78, 5) is 26.5. The van der Waals surface area contributed by atoms with E-state index in [1.54, 1.807) is 0 Å². The van der Waals surface area contributed by atoms with Crippen LogP contribution in [0.1, 0.15) is 48.8 Å². The molecule has 0 amide bonds. The number of anilines is 2. The predicted molar refractivity (Wildman–Crippen MR) is 115 cm³/mol. The Labute approximate surface area is 174 Å². The van der Waals surface area contributed by atoms with Crippen molar-refractivity contribution in [3.63, 3.8) is 0 Å². The molecular formula is C21H24N8O. The highest BCUT2D eigenvalue weighted by Gasteiger charge is 2.25. The maximum absolute atomic E-state index is 13.6. The molecule has 1 saturated heterocycles. The number of nitrogens with two attached hydrogens (primary N) is 1. The van der Waals surface area contributed by atoms with E-state index in [0.29, 0.717) is 22.5 Å². The lowest BCUT2D eigenvalue weighted by Crippen LogP contribution is -2.37. The molecule has 9 heteroatoms. The van der Waals surface area contributed by atoms with Gasteiger partial charge in [-0.25, -0.2) is 15.0 Å². The number of fused-ring (bicyclic) bond motifs is 1. The Morgan fingerprint density at radius 1 is 1.33 bits per heavy atom. The van der Waals surface area contributed by atoms with Crippen molar-refractivity contribution in [2.75, 3.05) is 24.1 Å². The van der Waals surface area contributed by atoms with Crippen molar-refractivity contribution in [1.82, 2.24) is 24.8 Å². The normalized spacial score (nSPS) is 15.6. The molecule has 0 saturated carbocycles. The molecule has 30 heavy (non-hydrogen) atoms. The van der Waals surface area contributed by atoms with E-state index in [1.165, 1.54) is 6.33 Å². The van der Waals surface area contributed by atoms with Gasteiger partial charge in [-0.3, -0.25) is 9.36 Å². The SMILES string of the molecule is Cc1cccc2nc(C(C)Nc3ncnc(N)c3C#N)n(C3CCNCC3)c(=O)c12. The molecule has 3 heterocycles. The van der Waals surface area contributed by atoms with Gasteiger partial charge in [0.2, 0.25) is 0 Å². The summed E-state index contributed by atoms with van der Waals surface area (Å²) in [7, 11) is 0. The van der Waals surface area contributed by atoms with Gasteiger partial charge in [-0.05, 0) is 51.4 Å². The molecule has 1 aromatic carbocycles. The number of aryl methyl sites for hydroxylation is 1. The number of hydrogen-bond donors (Lipinski definition) is 3.